The summed E-state index contributed by atoms with van der Waals surface area (Å²) in [4.78, 5) is 2.75. The molecule has 102 valence electrons. The van der Waals surface area contributed by atoms with E-state index >= 15 is 0 Å². The highest BCUT2D eigenvalue weighted by Crippen LogP contribution is 2.21. The van der Waals surface area contributed by atoms with Gasteiger partial charge in [-0.3, -0.25) is 4.90 Å². The van der Waals surface area contributed by atoms with Crippen molar-refractivity contribution in [1.29, 1.82) is 0 Å². The van der Waals surface area contributed by atoms with Crippen molar-refractivity contribution in [2.24, 2.45) is 11.8 Å². The maximum Gasteiger partial charge on any atom is 0.0221 e. The molecule has 1 aliphatic heterocycles. The van der Waals surface area contributed by atoms with Crippen molar-refractivity contribution in [2.75, 3.05) is 13.1 Å². The zero-order chi connectivity index (χ0) is 13.0. The van der Waals surface area contributed by atoms with Crippen molar-refractivity contribution in [3.63, 3.8) is 0 Å². The molecule has 0 aromatic carbocycles. The molecule has 3 atom stereocenters. The van der Waals surface area contributed by atoms with E-state index in [9.17, 15) is 0 Å². The summed E-state index contributed by atoms with van der Waals surface area (Å²) < 4.78 is 0. The van der Waals surface area contributed by atoms with Crippen LogP contribution in [0, 0.1) is 11.8 Å². The van der Waals surface area contributed by atoms with Gasteiger partial charge in [0.25, 0.3) is 0 Å². The topological polar surface area (TPSA) is 15.3 Å². The Kier molecular flexibility index (Phi) is 5.94. The second-order valence-electron chi connectivity index (χ2n) is 6.50. The van der Waals surface area contributed by atoms with E-state index in [4.69, 9.17) is 0 Å². The first-order valence-corrected chi connectivity index (χ1v) is 7.44. The van der Waals surface area contributed by atoms with Crippen molar-refractivity contribution in [2.45, 2.75) is 72.5 Å². The van der Waals surface area contributed by atoms with Crippen LogP contribution in [0.4, 0.5) is 0 Å². The van der Waals surface area contributed by atoms with Gasteiger partial charge in [0, 0.05) is 31.2 Å². The van der Waals surface area contributed by atoms with E-state index in [1.165, 1.54) is 25.9 Å². The largest absolute Gasteiger partial charge is 0.311 e. The molecule has 0 aromatic heterocycles. The molecule has 3 unspecified atom stereocenters. The Labute approximate surface area is 108 Å². The first-order chi connectivity index (χ1) is 7.95. The van der Waals surface area contributed by atoms with Gasteiger partial charge in [0.1, 0.15) is 0 Å². The molecule has 0 amide bonds. The van der Waals surface area contributed by atoms with Gasteiger partial charge in [0.15, 0.2) is 0 Å². The van der Waals surface area contributed by atoms with E-state index in [0.717, 1.165) is 23.9 Å². The van der Waals surface area contributed by atoms with Gasteiger partial charge in [-0.1, -0.05) is 34.6 Å². The van der Waals surface area contributed by atoms with Gasteiger partial charge in [0.2, 0.25) is 0 Å². The highest BCUT2D eigenvalue weighted by Gasteiger charge is 2.31. The lowest BCUT2D eigenvalue weighted by Gasteiger charge is -2.45. The minimum Gasteiger partial charge on any atom is -0.311 e. The molecule has 0 spiro atoms. The lowest BCUT2D eigenvalue weighted by atomic mass is 9.94. The van der Waals surface area contributed by atoms with Crippen molar-refractivity contribution in [1.82, 2.24) is 10.2 Å². The van der Waals surface area contributed by atoms with Crippen LogP contribution in [0.5, 0.6) is 0 Å². The van der Waals surface area contributed by atoms with Crippen molar-refractivity contribution in [3.05, 3.63) is 0 Å². The standard InChI is InChI=1S/C15H32N2/c1-7-14-9-16-15(12(4)5)10-17(14)13(6)8-11(2)3/h11-16H,7-10H2,1-6H3. The van der Waals surface area contributed by atoms with E-state index in [1.54, 1.807) is 0 Å². The summed E-state index contributed by atoms with van der Waals surface area (Å²) in [6.45, 7) is 16.4. The Balaban J connectivity index is 2.62. The van der Waals surface area contributed by atoms with Gasteiger partial charge in [-0.15, -0.1) is 0 Å². The normalized spacial score (nSPS) is 28.9. The second kappa shape index (κ2) is 6.75. The third kappa shape index (κ3) is 4.26. The van der Waals surface area contributed by atoms with Crippen LogP contribution >= 0.6 is 0 Å². The van der Waals surface area contributed by atoms with Crippen LogP contribution in [0.3, 0.4) is 0 Å². The van der Waals surface area contributed by atoms with Crippen molar-refractivity contribution >= 4 is 0 Å². The van der Waals surface area contributed by atoms with E-state index in [1.807, 2.05) is 0 Å². The fraction of sp³-hybridized carbons (Fsp3) is 1.00. The van der Waals surface area contributed by atoms with Gasteiger partial charge in [-0.05, 0) is 31.6 Å². The number of hydrogen-bond donors (Lipinski definition) is 1. The zero-order valence-electron chi connectivity index (χ0n) is 12.7. The maximum absolute atomic E-state index is 3.72. The number of nitrogens with zero attached hydrogens (tertiary/aromatic N) is 1. The Morgan fingerprint density at radius 3 is 2.29 bits per heavy atom. The van der Waals surface area contributed by atoms with E-state index in [-0.39, 0.29) is 0 Å². The third-order valence-electron chi connectivity index (χ3n) is 4.15. The molecule has 1 saturated heterocycles. The number of piperazine rings is 1. The summed E-state index contributed by atoms with van der Waals surface area (Å²) in [7, 11) is 0. The lowest BCUT2D eigenvalue weighted by Crippen LogP contribution is -2.60. The first kappa shape index (κ1) is 15.0. The molecule has 2 heteroatoms. The smallest absolute Gasteiger partial charge is 0.0221 e. The summed E-state index contributed by atoms with van der Waals surface area (Å²) in [6.07, 6.45) is 2.58. The highest BCUT2D eigenvalue weighted by atomic mass is 15.3. The summed E-state index contributed by atoms with van der Waals surface area (Å²) >= 11 is 0. The summed E-state index contributed by atoms with van der Waals surface area (Å²) in [5.74, 6) is 1.54. The summed E-state index contributed by atoms with van der Waals surface area (Å²) in [5.41, 5.74) is 0. The minimum absolute atomic E-state index is 0.674. The van der Waals surface area contributed by atoms with Gasteiger partial charge < -0.3 is 5.32 Å². The summed E-state index contributed by atoms with van der Waals surface area (Å²) in [5, 5.41) is 3.72. The molecule has 1 N–H and O–H groups in total. The summed E-state index contributed by atoms with van der Waals surface area (Å²) in [6, 6.07) is 2.13. The van der Waals surface area contributed by atoms with Crippen LogP contribution in [-0.4, -0.2) is 36.1 Å². The maximum atomic E-state index is 3.72. The SMILES string of the molecule is CCC1CNC(C(C)C)CN1C(C)CC(C)C. The fourth-order valence-corrected chi connectivity index (χ4v) is 3.03. The molecule has 0 radical (unpaired) electrons. The quantitative estimate of drug-likeness (QED) is 0.794. The molecular weight excluding hydrogens is 208 g/mol. The molecule has 17 heavy (non-hydrogen) atoms. The van der Waals surface area contributed by atoms with E-state index < -0.39 is 0 Å². The zero-order valence-corrected chi connectivity index (χ0v) is 12.7. The number of rotatable bonds is 5. The average molecular weight is 240 g/mol. The molecule has 0 bridgehead atoms. The molecule has 1 rings (SSSR count). The van der Waals surface area contributed by atoms with Crippen LogP contribution in [0.2, 0.25) is 0 Å². The molecule has 2 nitrogen and oxygen atoms in total. The predicted molar refractivity (Wildman–Crippen MR) is 76.3 cm³/mol. The third-order valence-corrected chi connectivity index (χ3v) is 4.15. The van der Waals surface area contributed by atoms with Gasteiger partial charge >= 0.3 is 0 Å². The molecule has 1 fully saturated rings. The molecule has 0 saturated carbocycles. The number of nitrogens with one attached hydrogen (secondary N) is 1. The van der Waals surface area contributed by atoms with Gasteiger partial charge in [-0.25, -0.2) is 0 Å². The fourth-order valence-electron chi connectivity index (χ4n) is 3.03. The molecular formula is C15H32N2. The van der Waals surface area contributed by atoms with Crippen molar-refractivity contribution in [3.8, 4) is 0 Å². The highest BCUT2D eigenvalue weighted by molar-refractivity contribution is 4.89. The van der Waals surface area contributed by atoms with Crippen molar-refractivity contribution < 1.29 is 0 Å². The minimum atomic E-state index is 0.674. The Bertz CT molecular complexity index is 213. The number of hydrogen-bond acceptors (Lipinski definition) is 2. The van der Waals surface area contributed by atoms with Gasteiger partial charge in [0.05, 0.1) is 0 Å². The van der Waals surface area contributed by atoms with Crippen LogP contribution in [0.1, 0.15) is 54.4 Å². The second-order valence-corrected chi connectivity index (χ2v) is 6.50. The van der Waals surface area contributed by atoms with Gasteiger partial charge in [-0.2, -0.15) is 0 Å². The average Bonchev–Trinajstić information content (AvgIpc) is 2.27. The molecule has 0 aliphatic carbocycles. The predicted octanol–water partition coefficient (Wildman–Crippen LogP) is 3.13. The van der Waals surface area contributed by atoms with Crippen LogP contribution in [0.25, 0.3) is 0 Å². The van der Waals surface area contributed by atoms with E-state index in [2.05, 4.69) is 51.8 Å². The molecule has 0 aromatic rings. The van der Waals surface area contributed by atoms with E-state index in [0.29, 0.717) is 6.04 Å². The Morgan fingerprint density at radius 2 is 1.82 bits per heavy atom. The Morgan fingerprint density at radius 1 is 1.18 bits per heavy atom. The van der Waals surface area contributed by atoms with Crippen LogP contribution in [0.15, 0.2) is 0 Å². The molecule has 1 aliphatic rings. The Hall–Kier alpha value is -0.0800. The van der Waals surface area contributed by atoms with Crippen LogP contribution in [-0.2, 0) is 0 Å². The first-order valence-electron chi connectivity index (χ1n) is 7.44. The molecule has 1 heterocycles. The van der Waals surface area contributed by atoms with Crippen LogP contribution < -0.4 is 5.32 Å². The monoisotopic (exact) mass is 240 g/mol. The lowest BCUT2D eigenvalue weighted by molar-refractivity contribution is 0.0651.